The van der Waals surface area contributed by atoms with E-state index in [1.807, 2.05) is 18.7 Å². The number of amides is 1. The van der Waals surface area contributed by atoms with Gasteiger partial charge in [-0.25, -0.2) is 0 Å². The van der Waals surface area contributed by atoms with Crippen LogP contribution in [0.15, 0.2) is 0 Å². The largest absolute Gasteiger partial charge is 0.342 e. The third-order valence-corrected chi connectivity index (χ3v) is 3.69. The van der Waals surface area contributed by atoms with Crippen LogP contribution >= 0.6 is 0 Å². The second-order valence-electron chi connectivity index (χ2n) is 5.06. The third kappa shape index (κ3) is 4.28. The second-order valence-corrected chi connectivity index (χ2v) is 5.06. The minimum Gasteiger partial charge on any atom is -0.342 e. The first-order chi connectivity index (χ1) is 8.08. The Labute approximate surface area is 106 Å². The summed E-state index contributed by atoms with van der Waals surface area (Å²) in [5, 5.41) is 0. The van der Waals surface area contributed by atoms with Gasteiger partial charge in [-0.15, -0.1) is 0 Å². The van der Waals surface area contributed by atoms with Gasteiger partial charge in [-0.2, -0.15) is 0 Å². The van der Waals surface area contributed by atoms with Gasteiger partial charge >= 0.3 is 0 Å². The van der Waals surface area contributed by atoms with Crippen molar-refractivity contribution in [3.63, 3.8) is 0 Å². The molecule has 0 radical (unpaired) electrons. The van der Waals surface area contributed by atoms with Gasteiger partial charge in [0.05, 0.1) is 6.54 Å². The predicted molar refractivity (Wildman–Crippen MR) is 71.1 cm³/mol. The molecule has 0 aromatic heterocycles. The Morgan fingerprint density at radius 1 is 1.29 bits per heavy atom. The van der Waals surface area contributed by atoms with E-state index in [9.17, 15) is 4.79 Å². The molecule has 17 heavy (non-hydrogen) atoms. The Balaban J connectivity index is 2.43. The van der Waals surface area contributed by atoms with E-state index >= 15 is 0 Å². The van der Waals surface area contributed by atoms with Crippen LogP contribution in [0.25, 0.3) is 0 Å². The monoisotopic (exact) mass is 241 g/mol. The molecule has 0 saturated carbocycles. The van der Waals surface area contributed by atoms with Crippen LogP contribution in [0.3, 0.4) is 0 Å². The fraction of sp³-hybridized carbons (Fsp3) is 0.923. The molecule has 1 saturated heterocycles. The average Bonchev–Trinajstić information content (AvgIpc) is 2.30. The van der Waals surface area contributed by atoms with Crippen molar-refractivity contribution in [1.82, 2.24) is 14.7 Å². The number of likely N-dealkylation sites (N-methyl/N-ethyl adjacent to an activating group) is 2. The van der Waals surface area contributed by atoms with Crippen molar-refractivity contribution in [1.29, 1.82) is 0 Å². The van der Waals surface area contributed by atoms with E-state index in [1.54, 1.807) is 0 Å². The summed E-state index contributed by atoms with van der Waals surface area (Å²) in [4.78, 5) is 18.5. The molecule has 0 aliphatic carbocycles. The predicted octanol–water partition coefficient (Wildman–Crippen LogP) is 0.881. The number of rotatable bonds is 5. The molecule has 1 rings (SSSR count). The highest BCUT2D eigenvalue weighted by Crippen LogP contribution is 2.13. The van der Waals surface area contributed by atoms with Gasteiger partial charge in [-0.3, -0.25) is 9.69 Å². The summed E-state index contributed by atoms with van der Waals surface area (Å²) >= 11 is 0. The number of hydrogen-bond donors (Lipinski definition) is 0. The minimum absolute atomic E-state index is 0.273. The highest BCUT2D eigenvalue weighted by Gasteiger charge is 2.23. The van der Waals surface area contributed by atoms with Gasteiger partial charge in [0.15, 0.2) is 0 Å². The van der Waals surface area contributed by atoms with Gasteiger partial charge in [0.1, 0.15) is 0 Å². The average molecular weight is 241 g/mol. The lowest BCUT2D eigenvalue weighted by Gasteiger charge is -2.36. The topological polar surface area (TPSA) is 26.8 Å². The summed E-state index contributed by atoms with van der Waals surface area (Å²) in [5.41, 5.74) is 0. The Kier molecular flexibility index (Phi) is 5.92. The molecule has 1 atom stereocenters. The van der Waals surface area contributed by atoms with Crippen molar-refractivity contribution >= 4 is 5.91 Å². The summed E-state index contributed by atoms with van der Waals surface area (Å²) in [6.07, 6.45) is 2.46. The van der Waals surface area contributed by atoms with Crippen LogP contribution in [0.1, 0.15) is 26.7 Å². The molecule has 0 bridgehead atoms. The standard InChI is InChI=1S/C13H27N3O/c1-5-16(6-2)13(17)11-15-9-7-8-12(10-15)14(3)4/h12H,5-11H2,1-4H3/t12-/m0/s1. The minimum atomic E-state index is 0.273. The van der Waals surface area contributed by atoms with Gasteiger partial charge in [-0.05, 0) is 47.3 Å². The van der Waals surface area contributed by atoms with Crippen molar-refractivity contribution < 1.29 is 4.79 Å². The third-order valence-electron chi connectivity index (χ3n) is 3.69. The maximum Gasteiger partial charge on any atom is 0.236 e. The maximum atomic E-state index is 12.0. The zero-order valence-electron chi connectivity index (χ0n) is 11.8. The quantitative estimate of drug-likeness (QED) is 0.715. The summed E-state index contributed by atoms with van der Waals surface area (Å²) in [6, 6.07) is 0.605. The molecule has 0 aromatic rings. The fourth-order valence-electron chi connectivity index (χ4n) is 2.46. The SMILES string of the molecule is CCN(CC)C(=O)CN1CCC[C@H](N(C)C)C1. The number of likely N-dealkylation sites (tertiary alicyclic amines) is 1. The Hall–Kier alpha value is -0.610. The summed E-state index contributed by atoms with van der Waals surface area (Å²) < 4.78 is 0. The van der Waals surface area contributed by atoms with Gasteiger partial charge in [-0.1, -0.05) is 0 Å². The van der Waals surface area contributed by atoms with Gasteiger partial charge in [0.2, 0.25) is 5.91 Å². The van der Waals surface area contributed by atoms with E-state index in [0.29, 0.717) is 12.6 Å². The normalized spacial score (nSPS) is 21.8. The van der Waals surface area contributed by atoms with Crippen LogP contribution < -0.4 is 0 Å². The van der Waals surface area contributed by atoms with Gasteiger partial charge < -0.3 is 9.80 Å². The van der Waals surface area contributed by atoms with Crippen LogP contribution in [-0.4, -0.2) is 73.5 Å². The molecule has 1 fully saturated rings. The molecule has 1 heterocycles. The molecule has 1 amide bonds. The number of hydrogen-bond acceptors (Lipinski definition) is 3. The molecule has 1 aliphatic rings. The highest BCUT2D eigenvalue weighted by molar-refractivity contribution is 5.78. The molecule has 1 aliphatic heterocycles. The van der Waals surface area contributed by atoms with Crippen molar-refractivity contribution in [2.45, 2.75) is 32.7 Å². The Morgan fingerprint density at radius 2 is 1.94 bits per heavy atom. The molecule has 0 unspecified atom stereocenters. The van der Waals surface area contributed by atoms with Gasteiger partial charge in [0.25, 0.3) is 0 Å². The molecule has 4 heteroatoms. The smallest absolute Gasteiger partial charge is 0.236 e. The molecule has 0 N–H and O–H groups in total. The van der Waals surface area contributed by atoms with Crippen molar-refractivity contribution in [2.24, 2.45) is 0 Å². The number of nitrogens with zero attached hydrogens (tertiary/aromatic N) is 3. The zero-order valence-corrected chi connectivity index (χ0v) is 11.8. The Bertz CT molecular complexity index is 239. The molecule has 4 nitrogen and oxygen atoms in total. The van der Waals surface area contributed by atoms with E-state index in [4.69, 9.17) is 0 Å². The molecule has 0 aromatic carbocycles. The first-order valence-corrected chi connectivity index (χ1v) is 6.75. The maximum absolute atomic E-state index is 12.0. The molecule has 0 spiro atoms. The summed E-state index contributed by atoms with van der Waals surface area (Å²) in [6.45, 7) is 8.41. The van der Waals surface area contributed by atoms with Gasteiger partial charge in [0, 0.05) is 25.7 Å². The van der Waals surface area contributed by atoms with Crippen LogP contribution in [-0.2, 0) is 4.79 Å². The zero-order chi connectivity index (χ0) is 12.8. The van der Waals surface area contributed by atoms with E-state index in [1.165, 1.54) is 12.8 Å². The number of carbonyl (C=O) groups excluding carboxylic acids is 1. The lowest BCUT2D eigenvalue weighted by molar-refractivity contribution is -0.132. The number of carbonyl (C=O) groups is 1. The van der Waals surface area contributed by atoms with E-state index in [2.05, 4.69) is 23.9 Å². The lowest BCUT2D eigenvalue weighted by Crippen LogP contribution is -2.49. The summed E-state index contributed by atoms with van der Waals surface area (Å²) in [7, 11) is 4.25. The molecule has 100 valence electrons. The van der Waals surface area contributed by atoms with Crippen molar-refractivity contribution in [3.05, 3.63) is 0 Å². The van der Waals surface area contributed by atoms with Crippen LogP contribution in [0.4, 0.5) is 0 Å². The fourth-order valence-corrected chi connectivity index (χ4v) is 2.46. The van der Waals surface area contributed by atoms with E-state index in [0.717, 1.165) is 26.2 Å². The van der Waals surface area contributed by atoms with E-state index < -0.39 is 0 Å². The molecular formula is C13H27N3O. The van der Waals surface area contributed by atoms with Crippen molar-refractivity contribution in [2.75, 3.05) is 46.8 Å². The first kappa shape index (κ1) is 14.5. The second kappa shape index (κ2) is 6.97. The van der Waals surface area contributed by atoms with Crippen LogP contribution in [0.5, 0.6) is 0 Å². The van der Waals surface area contributed by atoms with E-state index in [-0.39, 0.29) is 5.91 Å². The Morgan fingerprint density at radius 3 is 2.47 bits per heavy atom. The molecular weight excluding hydrogens is 214 g/mol. The van der Waals surface area contributed by atoms with Crippen molar-refractivity contribution in [3.8, 4) is 0 Å². The first-order valence-electron chi connectivity index (χ1n) is 6.75. The van der Waals surface area contributed by atoms with Crippen LogP contribution in [0, 0.1) is 0 Å². The van der Waals surface area contributed by atoms with Crippen LogP contribution in [0.2, 0.25) is 0 Å². The highest BCUT2D eigenvalue weighted by atomic mass is 16.2. The number of piperidine rings is 1. The summed E-state index contributed by atoms with van der Waals surface area (Å²) in [5.74, 6) is 0.273. The lowest BCUT2D eigenvalue weighted by atomic mass is 10.1.